The topological polar surface area (TPSA) is 118 Å². The van der Waals surface area contributed by atoms with Gasteiger partial charge in [0.05, 0.1) is 5.69 Å². The minimum Gasteiger partial charge on any atom is -0.275 e. The Morgan fingerprint density at radius 3 is 2.40 bits per heavy atom. The lowest BCUT2D eigenvalue weighted by atomic mass is 10.3. The van der Waals surface area contributed by atoms with Crippen LogP contribution in [0.5, 0.6) is 0 Å². The first-order valence-electron chi connectivity index (χ1n) is 5.66. The molecule has 0 unspecified atom stereocenters. The molecule has 0 aliphatic rings. The summed E-state index contributed by atoms with van der Waals surface area (Å²) in [5, 5.41) is 20.7. The van der Waals surface area contributed by atoms with E-state index >= 15 is 0 Å². The molecule has 0 fully saturated rings. The predicted octanol–water partition coefficient (Wildman–Crippen LogP) is 1.19. The Hall–Kier alpha value is -2.42. The number of hydrogen-bond donors (Lipinski definition) is 2. The van der Waals surface area contributed by atoms with Crippen LogP contribution in [-0.2, 0) is 10.0 Å². The monoisotopic (exact) mass is 291 g/mol. The van der Waals surface area contributed by atoms with Crippen LogP contribution in [0.2, 0.25) is 0 Å². The van der Waals surface area contributed by atoms with E-state index in [1.54, 1.807) is 38.1 Å². The first-order valence-corrected chi connectivity index (χ1v) is 7.14. The first kappa shape index (κ1) is 15.6. The van der Waals surface area contributed by atoms with E-state index in [2.05, 4.69) is 15.2 Å². The molecule has 8 heteroatoms. The minimum atomic E-state index is -3.70. The number of benzene rings is 1. The summed E-state index contributed by atoms with van der Waals surface area (Å²) in [5.41, 5.74) is 2.21. The maximum Gasteiger partial charge on any atom is 0.242 e. The lowest BCUT2D eigenvalue weighted by Crippen LogP contribution is -2.30. The number of rotatable bonds is 5. The molecule has 1 rings (SSSR count). The lowest BCUT2D eigenvalue weighted by molar-refractivity contribution is 0.570. The Balaban J connectivity index is 3.17. The molecule has 0 aliphatic carbocycles. The van der Waals surface area contributed by atoms with Gasteiger partial charge in [0.1, 0.15) is 17.0 Å². The van der Waals surface area contributed by atoms with Crippen LogP contribution in [0.4, 0.5) is 5.69 Å². The van der Waals surface area contributed by atoms with Crippen molar-refractivity contribution >= 4 is 21.4 Å². The average molecular weight is 291 g/mol. The molecule has 1 aromatic carbocycles. The summed E-state index contributed by atoms with van der Waals surface area (Å²) in [7, 11) is -3.70. The van der Waals surface area contributed by atoms with Gasteiger partial charge in [-0.15, -0.1) is 0 Å². The fourth-order valence-electron chi connectivity index (χ4n) is 1.36. The number of hydrogen-bond acceptors (Lipinski definition) is 6. The van der Waals surface area contributed by atoms with Crippen LogP contribution in [-0.4, -0.2) is 20.2 Å². The molecule has 104 valence electrons. The second-order valence-corrected chi connectivity index (χ2v) is 5.75. The Morgan fingerprint density at radius 2 is 1.85 bits per heavy atom. The third-order valence-corrected chi connectivity index (χ3v) is 3.78. The van der Waals surface area contributed by atoms with Gasteiger partial charge in [-0.3, -0.25) is 5.43 Å². The van der Waals surface area contributed by atoms with Crippen molar-refractivity contribution in [2.45, 2.75) is 24.8 Å². The molecule has 0 aliphatic heterocycles. The molecule has 20 heavy (non-hydrogen) atoms. The number of nitrogens with one attached hydrogen (secondary N) is 2. The summed E-state index contributed by atoms with van der Waals surface area (Å²) in [6, 6.07) is 8.97. The average Bonchev–Trinajstić information content (AvgIpc) is 2.39. The molecular formula is C12H13N5O2S. The normalized spacial score (nSPS) is 10.4. The SMILES string of the molecule is CC(C)NS(=O)(=O)c1ccccc1NN=C(C#N)C#N. The van der Waals surface area contributed by atoms with Crippen LogP contribution in [0.25, 0.3) is 0 Å². The van der Waals surface area contributed by atoms with Crippen LogP contribution < -0.4 is 10.1 Å². The maximum atomic E-state index is 12.1. The molecule has 0 radical (unpaired) electrons. The van der Waals surface area contributed by atoms with Gasteiger partial charge in [-0.25, -0.2) is 13.1 Å². The van der Waals surface area contributed by atoms with Gasteiger partial charge < -0.3 is 0 Å². The van der Waals surface area contributed by atoms with Gasteiger partial charge in [-0.2, -0.15) is 15.6 Å². The highest BCUT2D eigenvalue weighted by Crippen LogP contribution is 2.20. The van der Waals surface area contributed by atoms with Gasteiger partial charge in [0.25, 0.3) is 0 Å². The predicted molar refractivity (Wildman–Crippen MR) is 74.2 cm³/mol. The van der Waals surface area contributed by atoms with Crippen molar-refractivity contribution in [3.63, 3.8) is 0 Å². The molecule has 1 aromatic rings. The summed E-state index contributed by atoms with van der Waals surface area (Å²) in [4.78, 5) is -0.00678. The molecule has 0 bridgehead atoms. The van der Waals surface area contributed by atoms with Gasteiger partial charge in [0.15, 0.2) is 0 Å². The van der Waals surface area contributed by atoms with Crippen molar-refractivity contribution in [3.05, 3.63) is 24.3 Å². The smallest absolute Gasteiger partial charge is 0.242 e. The zero-order valence-corrected chi connectivity index (χ0v) is 11.8. The number of sulfonamides is 1. The van der Waals surface area contributed by atoms with Gasteiger partial charge in [-0.1, -0.05) is 12.1 Å². The number of para-hydroxylation sites is 1. The Kier molecular flexibility index (Phi) is 5.21. The fraction of sp³-hybridized carbons (Fsp3) is 0.250. The summed E-state index contributed by atoms with van der Waals surface area (Å²) in [6.45, 7) is 3.41. The zero-order valence-electron chi connectivity index (χ0n) is 11.0. The van der Waals surface area contributed by atoms with E-state index in [0.717, 1.165) is 0 Å². The highest BCUT2D eigenvalue weighted by Gasteiger charge is 2.19. The fourth-order valence-corrected chi connectivity index (χ4v) is 2.77. The summed E-state index contributed by atoms with van der Waals surface area (Å²) in [5.74, 6) is 0. The Bertz CT molecular complexity index is 679. The summed E-state index contributed by atoms with van der Waals surface area (Å²) in [6.07, 6.45) is 0. The molecular weight excluding hydrogens is 278 g/mol. The molecule has 0 aromatic heterocycles. The van der Waals surface area contributed by atoms with E-state index in [1.807, 2.05) is 0 Å². The van der Waals surface area contributed by atoms with Crippen LogP contribution in [0.1, 0.15) is 13.8 Å². The molecule has 0 saturated carbocycles. The number of nitrogens with zero attached hydrogens (tertiary/aromatic N) is 3. The van der Waals surface area contributed by atoms with Crippen molar-refractivity contribution in [1.29, 1.82) is 10.5 Å². The van der Waals surface area contributed by atoms with Crippen molar-refractivity contribution in [2.24, 2.45) is 5.10 Å². The molecule has 0 saturated heterocycles. The van der Waals surface area contributed by atoms with Gasteiger partial charge in [0.2, 0.25) is 15.7 Å². The lowest BCUT2D eigenvalue weighted by Gasteiger charge is -2.12. The summed E-state index contributed by atoms with van der Waals surface area (Å²) >= 11 is 0. The van der Waals surface area contributed by atoms with Crippen molar-refractivity contribution in [1.82, 2.24) is 4.72 Å². The van der Waals surface area contributed by atoms with Gasteiger partial charge >= 0.3 is 0 Å². The van der Waals surface area contributed by atoms with Crippen LogP contribution in [0, 0.1) is 22.7 Å². The van der Waals surface area contributed by atoms with Crippen LogP contribution in [0.3, 0.4) is 0 Å². The second-order valence-electron chi connectivity index (χ2n) is 4.07. The molecule has 7 nitrogen and oxygen atoms in total. The van der Waals surface area contributed by atoms with Crippen LogP contribution >= 0.6 is 0 Å². The van der Waals surface area contributed by atoms with E-state index < -0.39 is 15.7 Å². The Morgan fingerprint density at radius 1 is 1.25 bits per heavy atom. The zero-order chi connectivity index (χ0) is 15.2. The van der Waals surface area contributed by atoms with Crippen molar-refractivity contribution in [2.75, 3.05) is 5.43 Å². The standard InChI is InChI=1S/C12H13N5O2S/c1-9(2)17-20(18,19)12-6-4-3-5-11(12)16-15-10(7-13)8-14/h3-6,9,16-17H,1-2H3. The maximum absolute atomic E-state index is 12.1. The highest BCUT2D eigenvalue weighted by atomic mass is 32.2. The quantitative estimate of drug-likeness (QED) is 0.624. The highest BCUT2D eigenvalue weighted by molar-refractivity contribution is 7.89. The van der Waals surface area contributed by atoms with Crippen molar-refractivity contribution in [3.8, 4) is 12.1 Å². The van der Waals surface area contributed by atoms with Gasteiger partial charge in [0, 0.05) is 6.04 Å². The summed E-state index contributed by atoms with van der Waals surface area (Å²) < 4.78 is 26.7. The van der Waals surface area contributed by atoms with E-state index in [0.29, 0.717) is 0 Å². The molecule has 0 spiro atoms. The largest absolute Gasteiger partial charge is 0.275 e. The number of nitriles is 2. The first-order chi connectivity index (χ1) is 9.40. The minimum absolute atomic E-state index is 0.00678. The van der Waals surface area contributed by atoms with Crippen molar-refractivity contribution < 1.29 is 8.42 Å². The number of hydrazone groups is 1. The van der Waals surface area contributed by atoms with E-state index in [9.17, 15) is 8.42 Å². The third kappa shape index (κ3) is 4.05. The van der Waals surface area contributed by atoms with E-state index in [1.165, 1.54) is 12.1 Å². The van der Waals surface area contributed by atoms with E-state index in [4.69, 9.17) is 10.5 Å². The molecule has 2 N–H and O–H groups in total. The van der Waals surface area contributed by atoms with Crippen LogP contribution in [0.15, 0.2) is 34.3 Å². The Labute approximate surface area is 117 Å². The molecule has 0 amide bonds. The number of anilines is 1. The van der Waals surface area contributed by atoms with Gasteiger partial charge in [-0.05, 0) is 26.0 Å². The second kappa shape index (κ2) is 6.66. The third-order valence-electron chi connectivity index (χ3n) is 2.07. The van der Waals surface area contributed by atoms with E-state index in [-0.39, 0.29) is 16.6 Å². The molecule has 0 heterocycles. The molecule has 0 atom stereocenters.